The van der Waals surface area contributed by atoms with Crippen molar-refractivity contribution in [1.29, 1.82) is 5.26 Å². The highest BCUT2D eigenvalue weighted by Gasteiger charge is 2.45. The Labute approximate surface area is 112 Å². The molecule has 6 nitrogen and oxygen atoms in total. The maximum atomic E-state index is 12.5. The van der Waals surface area contributed by atoms with E-state index in [4.69, 9.17) is 9.47 Å². The van der Waals surface area contributed by atoms with Crippen LogP contribution >= 0.6 is 0 Å². The molecule has 0 N–H and O–H groups in total. The molecule has 0 saturated carbocycles. The summed E-state index contributed by atoms with van der Waals surface area (Å²) in [6, 6.07) is 2.16. The van der Waals surface area contributed by atoms with Crippen LogP contribution in [0.1, 0.15) is 19.3 Å². The average molecular weight is 266 g/mol. The van der Waals surface area contributed by atoms with Gasteiger partial charge in [0.2, 0.25) is 5.91 Å². The molecular formula is C13H18N2O4. The van der Waals surface area contributed by atoms with Gasteiger partial charge in [0.25, 0.3) is 0 Å². The molecular weight excluding hydrogens is 248 g/mol. The molecule has 2 saturated heterocycles. The number of amides is 1. The van der Waals surface area contributed by atoms with E-state index in [0.717, 1.165) is 0 Å². The lowest BCUT2D eigenvalue weighted by molar-refractivity contribution is -0.146. The predicted octanol–water partition coefficient (Wildman–Crippen LogP) is 0.328. The third-order valence-electron chi connectivity index (χ3n) is 3.98. The van der Waals surface area contributed by atoms with Gasteiger partial charge in [-0.25, -0.2) is 0 Å². The number of carbonyl (C=O) groups is 2. The van der Waals surface area contributed by atoms with Gasteiger partial charge in [-0.15, -0.1) is 0 Å². The number of methoxy groups -OCH3 is 1. The molecule has 1 atom stereocenters. The molecule has 1 amide bonds. The number of hydrogen-bond acceptors (Lipinski definition) is 5. The molecule has 0 spiro atoms. The number of rotatable bonds is 2. The Morgan fingerprint density at radius 3 is 2.68 bits per heavy atom. The van der Waals surface area contributed by atoms with E-state index in [1.807, 2.05) is 0 Å². The summed E-state index contributed by atoms with van der Waals surface area (Å²) in [6.07, 6.45) is 1.47. The van der Waals surface area contributed by atoms with Crippen molar-refractivity contribution in [3.8, 4) is 6.07 Å². The lowest BCUT2D eigenvalue weighted by atomic mass is 9.80. The number of hydrogen-bond donors (Lipinski definition) is 0. The van der Waals surface area contributed by atoms with Crippen LogP contribution in [-0.4, -0.2) is 50.2 Å². The van der Waals surface area contributed by atoms with Crippen LogP contribution in [-0.2, 0) is 19.1 Å². The Kier molecular flexibility index (Phi) is 4.05. The lowest BCUT2D eigenvalue weighted by Gasteiger charge is -2.32. The predicted molar refractivity (Wildman–Crippen MR) is 64.8 cm³/mol. The maximum absolute atomic E-state index is 12.5. The number of esters is 1. The second-order valence-electron chi connectivity index (χ2n) is 5.07. The molecule has 0 radical (unpaired) electrons. The van der Waals surface area contributed by atoms with Gasteiger partial charge in [-0.05, 0) is 19.3 Å². The molecule has 2 aliphatic heterocycles. The molecule has 2 heterocycles. The van der Waals surface area contributed by atoms with Crippen molar-refractivity contribution in [2.45, 2.75) is 19.3 Å². The van der Waals surface area contributed by atoms with Crippen LogP contribution in [0.25, 0.3) is 0 Å². The van der Waals surface area contributed by atoms with Crippen LogP contribution in [0, 0.1) is 22.7 Å². The summed E-state index contributed by atoms with van der Waals surface area (Å²) in [5.74, 6) is -0.706. The highest BCUT2D eigenvalue weighted by atomic mass is 16.5. The van der Waals surface area contributed by atoms with Gasteiger partial charge in [-0.3, -0.25) is 9.59 Å². The van der Waals surface area contributed by atoms with Crippen LogP contribution in [0.4, 0.5) is 0 Å². The van der Waals surface area contributed by atoms with Gasteiger partial charge >= 0.3 is 5.97 Å². The molecule has 1 unspecified atom stereocenters. The highest BCUT2D eigenvalue weighted by molar-refractivity contribution is 5.86. The van der Waals surface area contributed by atoms with Crippen molar-refractivity contribution >= 4 is 11.9 Å². The van der Waals surface area contributed by atoms with Gasteiger partial charge in [0.05, 0.1) is 19.1 Å². The van der Waals surface area contributed by atoms with E-state index in [-0.39, 0.29) is 17.8 Å². The molecule has 0 aliphatic carbocycles. The van der Waals surface area contributed by atoms with Crippen molar-refractivity contribution in [2.75, 3.05) is 33.4 Å². The van der Waals surface area contributed by atoms with E-state index in [1.165, 1.54) is 7.11 Å². The summed E-state index contributed by atoms with van der Waals surface area (Å²) in [4.78, 5) is 25.6. The van der Waals surface area contributed by atoms with E-state index >= 15 is 0 Å². The highest BCUT2D eigenvalue weighted by Crippen LogP contribution is 2.34. The Balaban J connectivity index is 2.04. The normalized spacial score (nSPS) is 25.7. The van der Waals surface area contributed by atoms with E-state index in [2.05, 4.69) is 6.07 Å². The molecule has 0 aromatic rings. The van der Waals surface area contributed by atoms with Gasteiger partial charge < -0.3 is 14.4 Å². The third-order valence-corrected chi connectivity index (χ3v) is 3.98. The lowest BCUT2D eigenvalue weighted by Crippen LogP contribution is -2.45. The fraction of sp³-hybridized carbons (Fsp3) is 0.769. The molecule has 0 bridgehead atoms. The van der Waals surface area contributed by atoms with Crippen molar-refractivity contribution < 1.29 is 19.1 Å². The summed E-state index contributed by atoms with van der Waals surface area (Å²) in [6.45, 7) is 1.75. The molecule has 0 aromatic carbocycles. The first-order chi connectivity index (χ1) is 9.13. The summed E-state index contributed by atoms with van der Waals surface area (Å²) < 4.78 is 9.92. The zero-order valence-electron chi connectivity index (χ0n) is 11.1. The first kappa shape index (κ1) is 13.8. The zero-order valence-corrected chi connectivity index (χ0v) is 11.1. The fourth-order valence-electron chi connectivity index (χ4n) is 2.70. The Morgan fingerprint density at radius 1 is 1.42 bits per heavy atom. The average Bonchev–Trinajstić information content (AvgIpc) is 2.96. The zero-order chi connectivity index (χ0) is 13.9. The van der Waals surface area contributed by atoms with Gasteiger partial charge in [0.15, 0.2) is 0 Å². The molecule has 2 rings (SSSR count). The second-order valence-corrected chi connectivity index (χ2v) is 5.07. The molecule has 19 heavy (non-hydrogen) atoms. The van der Waals surface area contributed by atoms with E-state index in [0.29, 0.717) is 45.6 Å². The van der Waals surface area contributed by atoms with Crippen molar-refractivity contribution in [2.24, 2.45) is 11.3 Å². The van der Waals surface area contributed by atoms with Crippen LogP contribution in [0.15, 0.2) is 0 Å². The topological polar surface area (TPSA) is 79.6 Å². The number of nitrogens with zero attached hydrogens (tertiary/aromatic N) is 2. The Bertz CT molecular complexity index is 409. The first-order valence-electron chi connectivity index (χ1n) is 6.49. The third kappa shape index (κ3) is 2.56. The number of ether oxygens (including phenoxy) is 2. The minimum atomic E-state index is -0.969. The van der Waals surface area contributed by atoms with Gasteiger partial charge in [-0.2, -0.15) is 5.26 Å². The minimum Gasteiger partial charge on any atom is -0.469 e. The van der Waals surface area contributed by atoms with E-state index < -0.39 is 5.41 Å². The van der Waals surface area contributed by atoms with Crippen LogP contribution in [0.5, 0.6) is 0 Å². The minimum absolute atomic E-state index is 0.162. The summed E-state index contributed by atoms with van der Waals surface area (Å²) in [5.41, 5.74) is -0.969. The van der Waals surface area contributed by atoms with Crippen LogP contribution in [0.2, 0.25) is 0 Å². The number of carbonyl (C=O) groups excluding carboxylic acids is 2. The van der Waals surface area contributed by atoms with Crippen LogP contribution in [0.3, 0.4) is 0 Å². The van der Waals surface area contributed by atoms with Crippen molar-refractivity contribution in [1.82, 2.24) is 4.90 Å². The van der Waals surface area contributed by atoms with Crippen molar-refractivity contribution in [3.63, 3.8) is 0 Å². The smallest absolute Gasteiger partial charge is 0.310 e. The van der Waals surface area contributed by atoms with Crippen LogP contribution < -0.4 is 0 Å². The molecule has 0 aromatic heterocycles. The Hall–Kier alpha value is -1.61. The molecule has 2 fully saturated rings. The Morgan fingerprint density at radius 2 is 2.11 bits per heavy atom. The number of likely N-dealkylation sites (tertiary alicyclic amines) is 1. The SMILES string of the molecule is COC(=O)C1CCN(C(=O)C2(C#N)CCOCC2)C1. The fourth-order valence-corrected chi connectivity index (χ4v) is 2.70. The first-order valence-corrected chi connectivity index (χ1v) is 6.49. The van der Waals surface area contributed by atoms with Gasteiger partial charge in [0.1, 0.15) is 5.41 Å². The summed E-state index contributed by atoms with van der Waals surface area (Å²) >= 11 is 0. The quantitative estimate of drug-likeness (QED) is 0.673. The van der Waals surface area contributed by atoms with Gasteiger partial charge in [-0.1, -0.05) is 0 Å². The molecule has 6 heteroatoms. The maximum Gasteiger partial charge on any atom is 0.310 e. The van der Waals surface area contributed by atoms with Crippen molar-refractivity contribution in [3.05, 3.63) is 0 Å². The molecule has 2 aliphatic rings. The second kappa shape index (κ2) is 5.57. The van der Waals surface area contributed by atoms with Gasteiger partial charge in [0, 0.05) is 26.3 Å². The van der Waals surface area contributed by atoms with E-state index in [1.54, 1.807) is 4.90 Å². The standard InChI is InChI=1S/C13H18N2O4/c1-18-11(16)10-2-5-15(8-10)12(17)13(9-14)3-6-19-7-4-13/h10H,2-8H2,1H3. The molecule has 104 valence electrons. The number of nitriles is 1. The summed E-state index contributed by atoms with van der Waals surface area (Å²) in [5, 5.41) is 9.35. The summed E-state index contributed by atoms with van der Waals surface area (Å²) in [7, 11) is 1.35. The van der Waals surface area contributed by atoms with E-state index in [9.17, 15) is 14.9 Å². The largest absolute Gasteiger partial charge is 0.469 e. The monoisotopic (exact) mass is 266 g/mol.